The highest BCUT2D eigenvalue weighted by Gasteiger charge is 2.24. The fraction of sp³-hybridized carbons (Fsp3) is 0.556. The van der Waals surface area contributed by atoms with Crippen molar-refractivity contribution in [1.82, 2.24) is 5.32 Å². The molecule has 1 heterocycles. The molecular formula is C18H27NS. The minimum Gasteiger partial charge on any atom is -0.315 e. The number of benzene rings is 1. The highest BCUT2D eigenvalue weighted by atomic mass is 32.1. The molecule has 0 bridgehead atoms. The first-order chi connectivity index (χ1) is 9.14. The molecule has 2 rings (SSSR count). The van der Waals surface area contributed by atoms with Gasteiger partial charge < -0.3 is 5.32 Å². The van der Waals surface area contributed by atoms with Crippen molar-refractivity contribution in [2.45, 2.75) is 58.9 Å². The summed E-state index contributed by atoms with van der Waals surface area (Å²) < 4.78 is 1.41. The second-order valence-corrected chi connectivity index (χ2v) is 8.78. The van der Waals surface area contributed by atoms with Crippen molar-refractivity contribution < 1.29 is 0 Å². The summed E-state index contributed by atoms with van der Waals surface area (Å²) in [7, 11) is 2.03. The highest BCUT2D eigenvalue weighted by Crippen LogP contribution is 2.40. The van der Waals surface area contributed by atoms with Gasteiger partial charge in [-0.3, -0.25) is 0 Å². The van der Waals surface area contributed by atoms with E-state index in [1.807, 2.05) is 18.4 Å². The number of thiophene rings is 1. The quantitative estimate of drug-likeness (QED) is 0.799. The molecule has 0 aliphatic rings. The van der Waals surface area contributed by atoms with Gasteiger partial charge >= 0.3 is 0 Å². The zero-order chi connectivity index (χ0) is 15.1. The van der Waals surface area contributed by atoms with Crippen molar-refractivity contribution in [1.29, 1.82) is 0 Å². The second kappa shape index (κ2) is 5.16. The van der Waals surface area contributed by atoms with Gasteiger partial charge in [-0.25, -0.2) is 0 Å². The van der Waals surface area contributed by atoms with E-state index in [1.165, 1.54) is 26.1 Å². The first kappa shape index (κ1) is 15.5. The molecule has 0 fully saturated rings. The summed E-state index contributed by atoms with van der Waals surface area (Å²) in [5.74, 6) is 0. The summed E-state index contributed by atoms with van der Waals surface area (Å²) in [6, 6.07) is 7.00. The van der Waals surface area contributed by atoms with E-state index in [-0.39, 0.29) is 10.8 Å². The van der Waals surface area contributed by atoms with Crippen LogP contribution in [0.1, 0.15) is 57.5 Å². The van der Waals surface area contributed by atoms with Crippen LogP contribution in [0, 0.1) is 0 Å². The third-order valence-electron chi connectivity index (χ3n) is 3.71. The number of rotatable bonds is 2. The summed E-state index contributed by atoms with van der Waals surface area (Å²) in [5.41, 5.74) is 3.32. The van der Waals surface area contributed by atoms with Crippen molar-refractivity contribution in [3.8, 4) is 0 Å². The topological polar surface area (TPSA) is 12.0 Å². The first-order valence-corrected chi connectivity index (χ1v) is 8.17. The predicted octanol–water partition coefficient (Wildman–Crippen LogP) is 5.22. The van der Waals surface area contributed by atoms with Gasteiger partial charge in [-0.05, 0) is 46.5 Å². The van der Waals surface area contributed by atoms with E-state index < -0.39 is 0 Å². The average molecular weight is 289 g/mol. The van der Waals surface area contributed by atoms with Gasteiger partial charge in [0.1, 0.15) is 0 Å². The number of fused-ring (bicyclic) bond motifs is 1. The molecule has 0 atom stereocenters. The van der Waals surface area contributed by atoms with Crippen molar-refractivity contribution in [3.63, 3.8) is 0 Å². The smallest absolute Gasteiger partial charge is 0.0349 e. The molecule has 0 aliphatic carbocycles. The average Bonchev–Trinajstić information content (AvgIpc) is 2.64. The van der Waals surface area contributed by atoms with Gasteiger partial charge in [0.25, 0.3) is 0 Å². The van der Waals surface area contributed by atoms with Gasteiger partial charge in [0.05, 0.1) is 0 Å². The molecule has 110 valence electrons. The summed E-state index contributed by atoms with van der Waals surface area (Å²) in [6.07, 6.45) is 0. The molecule has 0 amide bonds. The SMILES string of the molecule is CNCc1sc2ccc(C(C)(C)C)cc2c1C(C)(C)C. The van der Waals surface area contributed by atoms with Crippen molar-refractivity contribution >= 4 is 21.4 Å². The fourth-order valence-corrected chi connectivity index (χ4v) is 4.13. The van der Waals surface area contributed by atoms with Crippen LogP contribution in [-0.4, -0.2) is 7.05 Å². The maximum atomic E-state index is 3.31. The summed E-state index contributed by atoms with van der Waals surface area (Å²) in [4.78, 5) is 1.47. The summed E-state index contributed by atoms with van der Waals surface area (Å²) in [6.45, 7) is 14.8. The lowest BCUT2D eigenvalue weighted by Crippen LogP contribution is -2.16. The zero-order valence-corrected chi connectivity index (χ0v) is 14.7. The third kappa shape index (κ3) is 2.91. The van der Waals surface area contributed by atoms with Gasteiger partial charge in [-0.2, -0.15) is 0 Å². The molecule has 1 nitrogen and oxygen atoms in total. The Morgan fingerprint density at radius 1 is 1.00 bits per heavy atom. The van der Waals surface area contributed by atoms with E-state index in [9.17, 15) is 0 Å². The van der Waals surface area contributed by atoms with E-state index in [4.69, 9.17) is 0 Å². The second-order valence-electron chi connectivity index (χ2n) is 7.64. The van der Waals surface area contributed by atoms with Crippen LogP contribution >= 0.6 is 11.3 Å². The Bertz CT molecular complexity index is 609. The lowest BCUT2D eigenvalue weighted by molar-refractivity contribution is 0.584. The molecule has 0 aliphatic heterocycles. The molecule has 2 aromatic rings. The highest BCUT2D eigenvalue weighted by molar-refractivity contribution is 7.19. The Morgan fingerprint density at radius 2 is 1.65 bits per heavy atom. The summed E-state index contributed by atoms with van der Waals surface area (Å²) >= 11 is 1.93. The third-order valence-corrected chi connectivity index (χ3v) is 4.89. The van der Waals surface area contributed by atoms with Crippen LogP contribution in [0.25, 0.3) is 10.1 Å². The van der Waals surface area contributed by atoms with E-state index in [1.54, 1.807) is 0 Å². The molecular weight excluding hydrogens is 262 g/mol. The molecule has 0 saturated heterocycles. The van der Waals surface area contributed by atoms with E-state index in [0.717, 1.165) is 6.54 Å². The van der Waals surface area contributed by atoms with Gasteiger partial charge in [0, 0.05) is 16.1 Å². The van der Waals surface area contributed by atoms with Crippen LogP contribution in [0.2, 0.25) is 0 Å². The van der Waals surface area contributed by atoms with Crippen LogP contribution in [-0.2, 0) is 17.4 Å². The monoisotopic (exact) mass is 289 g/mol. The molecule has 2 heteroatoms. The van der Waals surface area contributed by atoms with E-state index >= 15 is 0 Å². The Hall–Kier alpha value is -0.860. The molecule has 0 saturated carbocycles. The van der Waals surface area contributed by atoms with Crippen LogP contribution in [0.4, 0.5) is 0 Å². The standard InChI is InChI=1S/C18H27NS/c1-17(2,3)12-8-9-14-13(10-12)16(18(4,5)6)15(20-14)11-19-7/h8-10,19H,11H2,1-7H3. The lowest BCUT2D eigenvalue weighted by atomic mass is 9.82. The molecule has 0 radical (unpaired) electrons. The molecule has 0 unspecified atom stereocenters. The minimum absolute atomic E-state index is 0.181. The van der Waals surface area contributed by atoms with E-state index in [0.29, 0.717) is 0 Å². The molecule has 20 heavy (non-hydrogen) atoms. The lowest BCUT2D eigenvalue weighted by Gasteiger charge is -2.23. The van der Waals surface area contributed by atoms with Crippen molar-refractivity contribution in [2.24, 2.45) is 0 Å². The van der Waals surface area contributed by atoms with Crippen LogP contribution in [0.15, 0.2) is 18.2 Å². The van der Waals surface area contributed by atoms with Crippen LogP contribution in [0.5, 0.6) is 0 Å². The molecule has 1 aromatic heterocycles. The normalized spacial score (nSPS) is 13.2. The van der Waals surface area contributed by atoms with Gasteiger partial charge in [0.15, 0.2) is 0 Å². The molecule has 0 spiro atoms. The fourth-order valence-electron chi connectivity index (χ4n) is 2.72. The van der Waals surface area contributed by atoms with Crippen LogP contribution in [0.3, 0.4) is 0 Å². The molecule has 1 N–H and O–H groups in total. The van der Waals surface area contributed by atoms with Crippen molar-refractivity contribution in [3.05, 3.63) is 34.2 Å². The van der Waals surface area contributed by atoms with Gasteiger partial charge in [0.2, 0.25) is 0 Å². The zero-order valence-electron chi connectivity index (χ0n) is 13.8. The summed E-state index contributed by atoms with van der Waals surface area (Å²) in [5, 5.41) is 4.76. The number of hydrogen-bond donors (Lipinski definition) is 1. The minimum atomic E-state index is 0.181. The van der Waals surface area contributed by atoms with Crippen LogP contribution < -0.4 is 5.32 Å². The Balaban J connectivity index is 2.73. The van der Waals surface area contributed by atoms with Gasteiger partial charge in [-0.15, -0.1) is 11.3 Å². The maximum absolute atomic E-state index is 3.31. The Kier molecular flexibility index (Phi) is 4.01. The largest absolute Gasteiger partial charge is 0.315 e. The van der Waals surface area contributed by atoms with Gasteiger partial charge in [-0.1, -0.05) is 47.6 Å². The number of nitrogens with one attached hydrogen (secondary N) is 1. The van der Waals surface area contributed by atoms with Crippen molar-refractivity contribution in [2.75, 3.05) is 7.05 Å². The Morgan fingerprint density at radius 3 is 2.15 bits per heavy atom. The molecule has 1 aromatic carbocycles. The van der Waals surface area contributed by atoms with E-state index in [2.05, 4.69) is 65.1 Å². The Labute approximate surface area is 127 Å². The predicted molar refractivity (Wildman–Crippen MR) is 92.0 cm³/mol. The first-order valence-electron chi connectivity index (χ1n) is 7.35. The number of hydrogen-bond acceptors (Lipinski definition) is 2. The maximum Gasteiger partial charge on any atom is 0.0349 e.